The van der Waals surface area contributed by atoms with E-state index in [1.807, 2.05) is 0 Å². The molecule has 3 heterocycles. The Morgan fingerprint density at radius 1 is 1.08 bits per heavy atom. The van der Waals surface area contributed by atoms with E-state index in [1.165, 1.54) is 6.92 Å². The predicted octanol–water partition coefficient (Wildman–Crippen LogP) is 2.73. The first kappa shape index (κ1) is 16.7. The topological polar surface area (TPSA) is 50.3 Å². The molecule has 1 aromatic carbocycles. The third kappa shape index (κ3) is 2.89. The maximum atomic E-state index is 14.1. The van der Waals surface area contributed by atoms with Crippen LogP contribution in [0.2, 0.25) is 0 Å². The summed E-state index contributed by atoms with van der Waals surface area (Å²) in [7, 11) is 0. The summed E-state index contributed by atoms with van der Waals surface area (Å²) in [5.41, 5.74) is 0.298. The summed E-state index contributed by atoms with van der Waals surface area (Å²) in [6.45, 7) is 4.98. The van der Waals surface area contributed by atoms with Gasteiger partial charge in [-0.1, -0.05) is 0 Å². The van der Waals surface area contributed by atoms with Crippen LogP contribution in [0.4, 0.5) is 8.78 Å². The summed E-state index contributed by atoms with van der Waals surface area (Å²) in [6, 6.07) is 2.14. The van der Waals surface area contributed by atoms with E-state index in [0.717, 1.165) is 52.0 Å². The highest BCUT2D eigenvalue weighted by molar-refractivity contribution is 5.77. The first-order valence-electron chi connectivity index (χ1n) is 8.97. The SMILES string of the molecule is Cc1cc2c([nH]c(=O)n2C2CCN(C3CCOCC3)CC2)c(F)c1F. The smallest absolute Gasteiger partial charge is 0.326 e. The van der Waals surface area contributed by atoms with Gasteiger partial charge in [-0.05, 0) is 44.2 Å². The van der Waals surface area contributed by atoms with Gasteiger partial charge in [-0.3, -0.25) is 4.57 Å². The van der Waals surface area contributed by atoms with Gasteiger partial charge in [0.15, 0.2) is 11.6 Å². The molecular formula is C18H23F2N3O2. The number of fused-ring (bicyclic) bond motifs is 1. The number of aromatic nitrogens is 2. The highest BCUT2D eigenvalue weighted by Gasteiger charge is 2.29. The average Bonchev–Trinajstić information content (AvgIpc) is 2.97. The number of ether oxygens (including phenoxy) is 1. The van der Waals surface area contributed by atoms with E-state index in [9.17, 15) is 13.6 Å². The molecular weight excluding hydrogens is 328 g/mol. The molecule has 7 heteroatoms. The number of halogens is 2. The highest BCUT2D eigenvalue weighted by atomic mass is 19.2. The number of aryl methyl sites for hydroxylation is 1. The summed E-state index contributed by atoms with van der Waals surface area (Å²) in [4.78, 5) is 17.4. The van der Waals surface area contributed by atoms with Crippen LogP contribution in [-0.2, 0) is 4.74 Å². The number of benzene rings is 1. The lowest BCUT2D eigenvalue weighted by Gasteiger charge is -2.39. The summed E-state index contributed by atoms with van der Waals surface area (Å²) in [6.07, 6.45) is 3.79. The Bertz CT molecular complexity index is 831. The van der Waals surface area contributed by atoms with Crippen molar-refractivity contribution in [2.75, 3.05) is 26.3 Å². The molecule has 2 fully saturated rings. The third-order valence-corrected chi connectivity index (χ3v) is 5.65. The van der Waals surface area contributed by atoms with Crippen LogP contribution in [0.3, 0.4) is 0 Å². The molecule has 0 atom stereocenters. The number of hydrogen-bond donors (Lipinski definition) is 1. The fourth-order valence-corrected chi connectivity index (χ4v) is 4.24. The zero-order valence-electron chi connectivity index (χ0n) is 14.4. The maximum absolute atomic E-state index is 14.1. The first-order chi connectivity index (χ1) is 12.1. The maximum Gasteiger partial charge on any atom is 0.326 e. The average molecular weight is 351 g/mol. The van der Waals surface area contributed by atoms with Gasteiger partial charge >= 0.3 is 5.69 Å². The number of H-pyrrole nitrogens is 1. The van der Waals surface area contributed by atoms with Crippen LogP contribution in [0.1, 0.15) is 37.3 Å². The summed E-state index contributed by atoms with van der Waals surface area (Å²) in [5.74, 6) is -1.86. The Hall–Kier alpha value is -1.73. The van der Waals surface area contributed by atoms with Gasteiger partial charge in [0.25, 0.3) is 0 Å². The number of rotatable bonds is 2. The Labute approximate surface area is 144 Å². The molecule has 0 saturated carbocycles. The van der Waals surface area contributed by atoms with Crippen LogP contribution < -0.4 is 5.69 Å². The van der Waals surface area contributed by atoms with E-state index in [4.69, 9.17) is 4.74 Å². The molecule has 2 aliphatic heterocycles. The van der Waals surface area contributed by atoms with Crippen LogP contribution in [-0.4, -0.2) is 46.8 Å². The molecule has 1 N–H and O–H groups in total. The van der Waals surface area contributed by atoms with E-state index in [-0.39, 0.29) is 22.8 Å². The van der Waals surface area contributed by atoms with Crippen molar-refractivity contribution in [2.24, 2.45) is 0 Å². The van der Waals surface area contributed by atoms with Crippen LogP contribution in [0.25, 0.3) is 11.0 Å². The van der Waals surface area contributed by atoms with Crippen LogP contribution in [0.5, 0.6) is 0 Å². The van der Waals surface area contributed by atoms with Gasteiger partial charge < -0.3 is 14.6 Å². The van der Waals surface area contributed by atoms with E-state index >= 15 is 0 Å². The lowest BCUT2D eigenvalue weighted by Crippen LogP contribution is -2.45. The standard InChI is InChI=1S/C18H23F2N3O2/c1-11-10-14-17(16(20)15(11)19)21-18(24)23(14)13-2-6-22(7-3-13)12-4-8-25-9-5-12/h10,12-13H,2-9H2,1H3,(H,21,24). The molecule has 0 radical (unpaired) electrons. The molecule has 2 saturated heterocycles. The molecule has 0 bridgehead atoms. The molecule has 4 rings (SSSR count). The fraction of sp³-hybridized carbons (Fsp3) is 0.611. The Kier molecular flexibility index (Phi) is 4.37. The van der Waals surface area contributed by atoms with E-state index in [1.54, 1.807) is 10.6 Å². The first-order valence-corrected chi connectivity index (χ1v) is 8.97. The van der Waals surface area contributed by atoms with Crippen LogP contribution in [0, 0.1) is 18.6 Å². The Morgan fingerprint density at radius 3 is 2.44 bits per heavy atom. The fourth-order valence-electron chi connectivity index (χ4n) is 4.24. The van der Waals surface area contributed by atoms with Gasteiger partial charge in [0, 0.05) is 38.4 Å². The minimum absolute atomic E-state index is 0.0154. The zero-order valence-corrected chi connectivity index (χ0v) is 14.4. The number of nitrogens with one attached hydrogen (secondary N) is 1. The normalized spacial score (nSPS) is 21.2. The van der Waals surface area contributed by atoms with Gasteiger partial charge in [0.05, 0.1) is 5.52 Å². The zero-order chi connectivity index (χ0) is 17.6. The van der Waals surface area contributed by atoms with Crippen molar-refractivity contribution in [2.45, 2.75) is 44.7 Å². The van der Waals surface area contributed by atoms with Gasteiger partial charge in [-0.2, -0.15) is 0 Å². The molecule has 25 heavy (non-hydrogen) atoms. The molecule has 5 nitrogen and oxygen atoms in total. The largest absolute Gasteiger partial charge is 0.381 e. The Morgan fingerprint density at radius 2 is 1.76 bits per heavy atom. The van der Waals surface area contributed by atoms with Crippen LogP contribution >= 0.6 is 0 Å². The minimum Gasteiger partial charge on any atom is -0.381 e. The van der Waals surface area contributed by atoms with Gasteiger partial charge in [0.2, 0.25) is 0 Å². The second-order valence-corrected chi connectivity index (χ2v) is 7.13. The third-order valence-electron chi connectivity index (χ3n) is 5.65. The quantitative estimate of drug-likeness (QED) is 0.905. The lowest BCUT2D eigenvalue weighted by atomic mass is 9.99. The van der Waals surface area contributed by atoms with Crippen molar-refractivity contribution in [1.82, 2.24) is 14.5 Å². The summed E-state index contributed by atoms with van der Waals surface area (Å²) < 4.78 is 35.0. The van der Waals surface area contributed by atoms with E-state index < -0.39 is 11.6 Å². The molecule has 2 aromatic rings. The minimum atomic E-state index is -0.967. The lowest BCUT2D eigenvalue weighted by molar-refractivity contribution is 0.0220. The van der Waals surface area contributed by atoms with Crippen molar-refractivity contribution < 1.29 is 13.5 Å². The number of nitrogens with zero attached hydrogens (tertiary/aromatic N) is 2. The summed E-state index contributed by atoms with van der Waals surface area (Å²) >= 11 is 0. The number of piperidine rings is 1. The van der Waals surface area contributed by atoms with Gasteiger partial charge in [0.1, 0.15) is 5.52 Å². The molecule has 0 spiro atoms. The predicted molar refractivity (Wildman–Crippen MR) is 90.9 cm³/mol. The van der Waals surface area contributed by atoms with Gasteiger partial charge in [-0.15, -0.1) is 0 Å². The molecule has 0 unspecified atom stereocenters. The monoisotopic (exact) mass is 351 g/mol. The number of likely N-dealkylation sites (tertiary alicyclic amines) is 1. The van der Waals surface area contributed by atoms with Crippen molar-refractivity contribution >= 4 is 11.0 Å². The van der Waals surface area contributed by atoms with E-state index in [0.29, 0.717) is 11.6 Å². The van der Waals surface area contributed by atoms with Crippen LogP contribution in [0.15, 0.2) is 10.9 Å². The molecule has 0 aliphatic carbocycles. The van der Waals surface area contributed by atoms with E-state index in [2.05, 4.69) is 9.88 Å². The van der Waals surface area contributed by atoms with Crippen molar-refractivity contribution in [3.8, 4) is 0 Å². The molecule has 1 aromatic heterocycles. The second kappa shape index (κ2) is 6.53. The second-order valence-electron chi connectivity index (χ2n) is 7.13. The van der Waals surface area contributed by atoms with Crippen molar-refractivity contribution in [3.05, 3.63) is 33.7 Å². The van der Waals surface area contributed by atoms with Gasteiger partial charge in [-0.25, -0.2) is 13.6 Å². The molecule has 2 aliphatic rings. The number of hydrogen-bond acceptors (Lipinski definition) is 3. The summed E-state index contributed by atoms with van der Waals surface area (Å²) in [5, 5.41) is 0. The number of aromatic amines is 1. The Balaban J connectivity index is 1.59. The van der Waals surface area contributed by atoms with Crippen molar-refractivity contribution in [3.63, 3.8) is 0 Å². The highest BCUT2D eigenvalue weighted by Crippen LogP contribution is 2.29. The number of imidazole rings is 1. The van der Waals surface area contributed by atoms with Crippen molar-refractivity contribution in [1.29, 1.82) is 0 Å². The molecule has 0 amide bonds. The molecule has 136 valence electrons.